The molecule has 2 N–H and O–H groups in total. The normalized spacial score (nSPS) is 11.4. The van der Waals surface area contributed by atoms with Gasteiger partial charge in [-0.25, -0.2) is 0 Å². The second-order valence-electron chi connectivity index (χ2n) is 11.2. The monoisotopic (exact) mass is 614 g/mol. The third-order valence-electron chi connectivity index (χ3n) is 7.51. The molecule has 7 heteroatoms. The first kappa shape index (κ1) is 35.4. The quantitative estimate of drug-likeness (QED) is 0.0853. The number of nitrogens with one attached hydrogen (secondary N) is 2. The Morgan fingerprint density at radius 1 is 0.822 bits per heavy atom. The maximum atomic E-state index is 12.8. The van der Waals surface area contributed by atoms with E-state index in [9.17, 15) is 9.59 Å². The largest absolute Gasteiger partial charge is 0.497 e. The van der Waals surface area contributed by atoms with Gasteiger partial charge >= 0.3 is 0 Å². The summed E-state index contributed by atoms with van der Waals surface area (Å²) in [6.45, 7) is 8.76. The Hall–Kier alpha value is -4.10. The lowest BCUT2D eigenvalue weighted by Crippen LogP contribution is -2.43. The maximum Gasteiger partial charge on any atom is 0.220 e. The van der Waals surface area contributed by atoms with E-state index in [-0.39, 0.29) is 17.7 Å². The van der Waals surface area contributed by atoms with Crippen LogP contribution >= 0.6 is 0 Å². The number of ether oxygens (including phenoxy) is 3. The van der Waals surface area contributed by atoms with E-state index >= 15 is 0 Å². The number of benzene rings is 3. The summed E-state index contributed by atoms with van der Waals surface area (Å²) in [5.41, 5.74) is 2.84. The van der Waals surface area contributed by atoms with Gasteiger partial charge in [0, 0.05) is 37.4 Å². The molecule has 0 radical (unpaired) electrons. The van der Waals surface area contributed by atoms with Crippen LogP contribution in [0.3, 0.4) is 0 Å². The molecule has 7 nitrogen and oxygen atoms in total. The average Bonchev–Trinajstić information content (AvgIpc) is 3.07. The van der Waals surface area contributed by atoms with Crippen LogP contribution in [0.1, 0.15) is 79.8 Å². The molecule has 0 aromatic heterocycles. The van der Waals surface area contributed by atoms with Crippen LogP contribution < -0.4 is 24.8 Å². The van der Waals surface area contributed by atoms with Crippen molar-refractivity contribution < 1.29 is 23.8 Å². The van der Waals surface area contributed by atoms with Crippen molar-refractivity contribution in [3.8, 4) is 17.2 Å². The van der Waals surface area contributed by atoms with Crippen LogP contribution in [-0.4, -0.2) is 51.1 Å². The molecule has 0 heterocycles. The third kappa shape index (κ3) is 14.0. The first-order valence-electron chi connectivity index (χ1n) is 16.2. The highest BCUT2D eigenvalue weighted by atomic mass is 16.5. The van der Waals surface area contributed by atoms with Gasteiger partial charge in [0.1, 0.15) is 17.2 Å². The number of hydrogen-bond donors (Lipinski definition) is 2. The predicted octanol–water partition coefficient (Wildman–Crippen LogP) is 7.44. The minimum Gasteiger partial charge on any atom is -0.497 e. The Balaban J connectivity index is 1.40. The van der Waals surface area contributed by atoms with E-state index < -0.39 is 0 Å². The molecule has 0 aliphatic carbocycles. The summed E-state index contributed by atoms with van der Waals surface area (Å²) in [4.78, 5) is 25.3. The number of hydrogen-bond acceptors (Lipinski definition) is 6. The van der Waals surface area contributed by atoms with Gasteiger partial charge in [-0.2, -0.15) is 0 Å². The van der Waals surface area contributed by atoms with E-state index in [0.29, 0.717) is 51.0 Å². The second-order valence-corrected chi connectivity index (χ2v) is 11.2. The number of unbranched alkanes of at least 4 members (excludes halogenated alkanes) is 3. The van der Waals surface area contributed by atoms with E-state index in [4.69, 9.17) is 14.2 Å². The fourth-order valence-corrected chi connectivity index (χ4v) is 4.92. The zero-order valence-electron chi connectivity index (χ0n) is 27.0. The Morgan fingerprint density at radius 2 is 1.53 bits per heavy atom. The van der Waals surface area contributed by atoms with Crippen molar-refractivity contribution in [3.05, 3.63) is 96.1 Å². The number of carbonyl (C=O) groups is 2. The summed E-state index contributed by atoms with van der Waals surface area (Å²) in [5, 5.41) is 6.74. The van der Waals surface area contributed by atoms with Gasteiger partial charge in [-0.1, -0.05) is 56.7 Å². The maximum absolute atomic E-state index is 12.8. The van der Waals surface area contributed by atoms with Gasteiger partial charge < -0.3 is 24.8 Å². The summed E-state index contributed by atoms with van der Waals surface area (Å²) in [6.07, 6.45) is 8.95. The number of rotatable bonds is 23. The van der Waals surface area contributed by atoms with E-state index in [0.717, 1.165) is 54.2 Å². The molecule has 3 aromatic rings. The topological polar surface area (TPSA) is 85.9 Å². The predicted molar refractivity (Wildman–Crippen MR) is 182 cm³/mol. The van der Waals surface area contributed by atoms with Gasteiger partial charge in [-0.05, 0) is 91.9 Å². The Kier molecular flexibility index (Phi) is 16.3. The minimum absolute atomic E-state index is 0.0191. The Labute approximate surface area is 269 Å². The van der Waals surface area contributed by atoms with Crippen molar-refractivity contribution in [3.63, 3.8) is 0 Å². The number of Topliss-reactive ketones (excluding diaryl/α,β-unsaturated/α-hetero) is 1. The fourth-order valence-electron chi connectivity index (χ4n) is 4.92. The van der Waals surface area contributed by atoms with Crippen molar-refractivity contribution in [1.82, 2.24) is 10.6 Å². The first-order chi connectivity index (χ1) is 22.0. The molecule has 0 saturated carbocycles. The first-order valence-corrected chi connectivity index (χ1v) is 16.2. The molecular weight excluding hydrogens is 564 g/mol. The summed E-state index contributed by atoms with van der Waals surface area (Å²) >= 11 is 0. The van der Waals surface area contributed by atoms with E-state index in [1.807, 2.05) is 36.4 Å². The zero-order chi connectivity index (χ0) is 32.1. The SMILES string of the molecule is C=Cc1cccc(OCCCOc2ccc(C[C@@H](CNCCCCC)NC(=O)CCCCC(=O)c3ccc(OC)cc3)cc2)c1. The highest BCUT2D eigenvalue weighted by molar-refractivity contribution is 5.96. The minimum atomic E-state index is -0.0245. The van der Waals surface area contributed by atoms with Gasteiger partial charge in [0.15, 0.2) is 5.78 Å². The summed E-state index contributed by atoms with van der Waals surface area (Å²) in [5.74, 6) is 2.48. The lowest BCUT2D eigenvalue weighted by molar-refractivity contribution is -0.121. The summed E-state index contributed by atoms with van der Waals surface area (Å²) in [6, 6.07) is 23.1. The molecule has 1 amide bonds. The van der Waals surface area contributed by atoms with E-state index in [2.05, 4.69) is 36.3 Å². The average molecular weight is 615 g/mol. The van der Waals surface area contributed by atoms with Gasteiger partial charge in [0.25, 0.3) is 0 Å². The van der Waals surface area contributed by atoms with Crippen LogP contribution in [0, 0.1) is 0 Å². The zero-order valence-corrected chi connectivity index (χ0v) is 27.0. The number of methoxy groups -OCH3 is 1. The number of ketones is 1. The van der Waals surface area contributed by atoms with Crippen molar-refractivity contribution in [2.24, 2.45) is 0 Å². The summed E-state index contributed by atoms with van der Waals surface area (Å²) < 4.78 is 16.9. The molecular formula is C38H50N2O5. The van der Waals surface area contributed by atoms with E-state index in [1.165, 1.54) is 12.8 Å². The standard InChI is InChI=1S/C38H50N2O5/c1-4-6-9-24-39-29-33(40-38(42)15-8-7-14-37(41)32-18-22-34(43-3)23-19-32)27-31-16-20-35(21-17-31)44-25-11-26-45-36-13-10-12-30(5-2)28-36/h5,10,12-13,16-23,28,33,39H,2,4,6-9,11,14-15,24-27,29H2,1,3H3,(H,40,42)/t33-/m0/s1. The molecule has 3 rings (SSSR count). The van der Waals surface area contributed by atoms with Crippen LogP contribution in [0.4, 0.5) is 0 Å². The summed E-state index contributed by atoms with van der Waals surface area (Å²) in [7, 11) is 1.60. The van der Waals surface area contributed by atoms with Gasteiger partial charge in [-0.3, -0.25) is 9.59 Å². The van der Waals surface area contributed by atoms with Crippen molar-refractivity contribution >= 4 is 17.8 Å². The van der Waals surface area contributed by atoms with Gasteiger partial charge in [-0.15, -0.1) is 0 Å². The molecule has 0 spiro atoms. The lowest BCUT2D eigenvalue weighted by Gasteiger charge is -2.20. The lowest BCUT2D eigenvalue weighted by atomic mass is 10.0. The van der Waals surface area contributed by atoms with Crippen molar-refractivity contribution in [2.45, 2.75) is 70.8 Å². The molecule has 0 aliphatic rings. The molecule has 1 atom stereocenters. The molecule has 0 unspecified atom stereocenters. The molecule has 0 aliphatic heterocycles. The molecule has 0 saturated heterocycles. The smallest absolute Gasteiger partial charge is 0.220 e. The van der Waals surface area contributed by atoms with Crippen LogP contribution in [0.25, 0.3) is 6.08 Å². The molecule has 45 heavy (non-hydrogen) atoms. The number of carbonyl (C=O) groups excluding carboxylic acids is 2. The molecule has 0 fully saturated rings. The number of amides is 1. The van der Waals surface area contributed by atoms with Crippen LogP contribution in [0.15, 0.2) is 79.4 Å². The Bertz CT molecular complexity index is 1290. The van der Waals surface area contributed by atoms with Crippen LogP contribution in [0.5, 0.6) is 17.2 Å². The second kappa shape index (κ2) is 20.8. The van der Waals surface area contributed by atoms with Gasteiger partial charge in [0.05, 0.1) is 20.3 Å². The van der Waals surface area contributed by atoms with Crippen molar-refractivity contribution in [1.29, 1.82) is 0 Å². The van der Waals surface area contributed by atoms with Crippen LogP contribution in [0.2, 0.25) is 0 Å². The van der Waals surface area contributed by atoms with Crippen LogP contribution in [-0.2, 0) is 11.2 Å². The van der Waals surface area contributed by atoms with E-state index in [1.54, 1.807) is 37.5 Å². The third-order valence-corrected chi connectivity index (χ3v) is 7.51. The fraction of sp³-hybridized carbons (Fsp3) is 0.421. The molecule has 3 aromatic carbocycles. The highest BCUT2D eigenvalue weighted by Gasteiger charge is 2.14. The highest BCUT2D eigenvalue weighted by Crippen LogP contribution is 2.17. The molecule has 242 valence electrons. The van der Waals surface area contributed by atoms with Gasteiger partial charge in [0.2, 0.25) is 5.91 Å². The molecule has 0 bridgehead atoms. The van der Waals surface area contributed by atoms with Crippen molar-refractivity contribution in [2.75, 3.05) is 33.4 Å². The Morgan fingerprint density at radius 3 is 2.24 bits per heavy atom.